The van der Waals surface area contributed by atoms with Gasteiger partial charge in [-0.1, -0.05) is 35.9 Å². The van der Waals surface area contributed by atoms with Gasteiger partial charge in [0.15, 0.2) is 11.3 Å². The molecule has 3 aliphatic rings. The Balaban J connectivity index is 1.39. The zero-order valence-electron chi connectivity index (χ0n) is 18.3. The van der Waals surface area contributed by atoms with E-state index in [2.05, 4.69) is 15.1 Å². The number of hydrogen-bond acceptors (Lipinski definition) is 6. The average molecular weight is 473 g/mol. The van der Waals surface area contributed by atoms with Crippen LogP contribution in [0.5, 0.6) is 0 Å². The first-order chi connectivity index (χ1) is 16.7. The van der Waals surface area contributed by atoms with Crippen molar-refractivity contribution in [2.75, 3.05) is 13.2 Å². The molecule has 5 heterocycles. The number of rotatable bonds is 4. The second-order valence-corrected chi connectivity index (χ2v) is 8.80. The maximum absolute atomic E-state index is 13.2. The third kappa shape index (κ3) is 3.74. The summed E-state index contributed by atoms with van der Waals surface area (Å²) in [6.45, 7) is 1.69. The zero-order chi connectivity index (χ0) is 23.1. The van der Waals surface area contributed by atoms with Crippen molar-refractivity contribution in [3.05, 3.63) is 82.0 Å². The van der Waals surface area contributed by atoms with E-state index in [-0.39, 0.29) is 11.6 Å². The Bertz CT molecular complexity index is 1490. The Morgan fingerprint density at radius 2 is 1.85 bits per heavy atom. The molecule has 0 saturated carbocycles. The molecule has 1 fully saturated rings. The van der Waals surface area contributed by atoms with Gasteiger partial charge in [0.1, 0.15) is 10.8 Å². The van der Waals surface area contributed by atoms with Crippen molar-refractivity contribution in [2.45, 2.75) is 25.4 Å². The summed E-state index contributed by atoms with van der Waals surface area (Å²) in [6, 6.07) is 15.6. The molecule has 170 valence electrons. The molecule has 8 nitrogen and oxygen atoms in total. The molecular weight excluding hydrogens is 452 g/mol. The van der Waals surface area contributed by atoms with Crippen molar-refractivity contribution in [1.82, 2.24) is 29.5 Å². The number of benzene rings is 1. The Morgan fingerprint density at radius 3 is 2.62 bits per heavy atom. The normalized spacial score (nSPS) is 16.3. The molecule has 1 atom stereocenters. The molecule has 3 aromatic rings. The predicted octanol–water partition coefficient (Wildman–Crippen LogP) is 4.21. The summed E-state index contributed by atoms with van der Waals surface area (Å²) in [7, 11) is 0. The molecule has 1 saturated heterocycles. The molecule has 2 aromatic heterocycles. The molecule has 0 radical (unpaired) electrons. The molecule has 3 aliphatic heterocycles. The van der Waals surface area contributed by atoms with Crippen LogP contribution in [0.1, 0.15) is 24.4 Å². The molecule has 0 spiro atoms. The highest BCUT2D eigenvalue weighted by atomic mass is 35.5. The van der Waals surface area contributed by atoms with Crippen LogP contribution < -0.4 is 5.56 Å². The number of nitrogens with zero attached hydrogens (tertiary/aromatic N) is 6. The molecule has 9 heteroatoms. The van der Waals surface area contributed by atoms with Gasteiger partial charge >= 0.3 is 0 Å². The van der Waals surface area contributed by atoms with Crippen molar-refractivity contribution >= 4 is 22.6 Å². The average Bonchev–Trinajstić information content (AvgIpc) is 3.22. The molecule has 0 aliphatic carbocycles. The fourth-order valence-electron chi connectivity index (χ4n) is 4.43. The quantitative estimate of drug-likeness (QED) is 0.364. The first-order valence-corrected chi connectivity index (χ1v) is 11.6. The van der Waals surface area contributed by atoms with Gasteiger partial charge in [0.05, 0.1) is 19.2 Å². The number of fused-ring (bicyclic) bond motifs is 3. The molecular formula is C25H21ClN6O2. The Morgan fingerprint density at radius 1 is 1.00 bits per heavy atom. The maximum atomic E-state index is 13.2. The largest absolute Gasteiger partial charge is 0.379 e. The van der Waals surface area contributed by atoms with Crippen LogP contribution in [-0.4, -0.2) is 42.7 Å². The predicted molar refractivity (Wildman–Crippen MR) is 129 cm³/mol. The second kappa shape index (κ2) is 8.62. The lowest BCUT2D eigenvalue weighted by molar-refractivity contribution is 0.0540. The molecule has 1 aromatic carbocycles. The van der Waals surface area contributed by atoms with E-state index in [1.165, 1.54) is 0 Å². The highest BCUT2D eigenvalue weighted by Gasteiger charge is 2.27. The highest BCUT2D eigenvalue weighted by Crippen LogP contribution is 2.27. The highest BCUT2D eigenvalue weighted by molar-refractivity contribution is 6.29. The minimum Gasteiger partial charge on any atom is -0.379 e. The number of ether oxygens (including phenoxy) is 1. The summed E-state index contributed by atoms with van der Waals surface area (Å²) in [5.41, 5.74) is 4.51. The van der Waals surface area contributed by atoms with Crippen LogP contribution in [0, 0.1) is 0 Å². The number of pyridine rings is 2. The fourth-order valence-corrected chi connectivity index (χ4v) is 4.55. The van der Waals surface area contributed by atoms with Crippen LogP contribution >= 0.6 is 11.6 Å². The molecule has 1 unspecified atom stereocenters. The standard InChI is InChI=1S/C25H21ClN6O2/c26-21-10-9-18(13-28-21)17-7-5-16(6-8-17)14-31-24-20(4-1-11-27-24)22-23(29-31)25(33)32(30-22)19-3-2-12-34-15-19/h1,4-11,13,19H,2-3,12,14-15H2. The maximum Gasteiger partial charge on any atom is 0.297 e. The van der Waals surface area contributed by atoms with E-state index in [0.29, 0.717) is 35.3 Å². The lowest BCUT2D eigenvalue weighted by Gasteiger charge is -2.21. The van der Waals surface area contributed by atoms with Gasteiger partial charge in [-0.05, 0) is 48.2 Å². The van der Waals surface area contributed by atoms with E-state index in [1.54, 1.807) is 27.8 Å². The number of hydrogen-bond donors (Lipinski definition) is 0. The third-order valence-corrected chi connectivity index (χ3v) is 6.40. The number of aromatic nitrogens is 6. The van der Waals surface area contributed by atoms with Gasteiger partial charge in [-0.2, -0.15) is 10.2 Å². The van der Waals surface area contributed by atoms with E-state index in [1.807, 2.05) is 42.5 Å². The van der Waals surface area contributed by atoms with Crippen LogP contribution in [-0.2, 0) is 11.3 Å². The van der Waals surface area contributed by atoms with Crippen molar-refractivity contribution in [2.24, 2.45) is 0 Å². The zero-order valence-corrected chi connectivity index (χ0v) is 19.0. The van der Waals surface area contributed by atoms with Gasteiger partial charge in [0.2, 0.25) is 0 Å². The van der Waals surface area contributed by atoms with Gasteiger partial charge in [-0.3, -0.25) is 4.79 Å². The van der Waals surface area contributed by atoms with Crippen LogP contribution in [0.15, 0.2) is 65.7 Å². The molecule has 34 heavy (non-hydrogen) atoms. The van der Waals surface area contributed by atoms with Crippen molar-refractivity contribution in [1.29, 1.82) is 0 Å². The molecule has 6 rings (SSSR count). The Hall–Kier alpha value is -3.62. The van der Waals surface area contributed by atoms with E-state index >= 15 is 0 Å². The van der Waals surface area contributed by atoms with E-state index in [9.17, 15) is 4.79 Å². The first kappa shape index (κ1) is 20.9. The first-order valence-electron chi connectivity index (χ1n) is 11.2. The lowest BCUT2D eigenvalue weighted by Crippen LogP contribution is -2.29. The SMILES string of the molecule is O=c1c2nn(Cc3ccc(-c4ccc(Cl)nc4)cc3)c3ncccc3c-2nn1C1CCCOC1. The second-order valence-electron chi connectivity index (χ2n) is 8.42. The van der Waals surface area contributed by atoms with Crippen LogP contribution in [0.4, 0.5) is 0 Å². The Labute approximate surface area is 200 Å². The van der Waals surface area contributed by atoms with Gasteiger partial charge in [-0.15, -0.1) is 0 Å². The van der Waals surface area contributed by atoms with E-state index < -0.39 is 0 Å². The van der Waals surface area contributed by atoms with Crippen LogP contribution in [0.25, 0.3) is 33.5 Å². The van der Waals surface area contributed by atoms with E-state index in [4.69, 9.17) is 21.4 Å². The minimum atomic E-state index is -0.185. The summed E-state index contributed by atoms with van der Waals surface area (Å²) >= 11 is 5.90. The van der Waals surface area contributed by atoms with Gasteiger partial charge < -0.3 is 4.74 Å². The van der Waals surface area contributed by atoms with Crippen molar-refractivity contribution in [3.8, 4) is 22.5 Å². The summed E-state index contributed by atoms with van der Waals surface area (Å²) in [4.78, 5) is 21.9. The van der Waals surface area contributed by atoms with Crippen LogP contribution in [0.2, 0.25) is 5.15 Å². The summed E-state index contributed by atoms with van der Waals surface area (Å²) in [5.74, 6) is 0. The molecule has 0 bridgehead atoms. The third-order valence-electron chi connectivity index (χ3n) is 6.18. The smallest absolute Gasteiger partial charge is 0.297 e. The summed E-state index contributed by atoms with van der Waals surface area (Å²) in [5, 5.41) is 10.6. The van der Waals surface area contributed by atoms with Gasteiger partial charge in [-0.25, -0.2) is 19.3 Å². The van der Waals surface area contributed by atoms with Gasteiger partial charge in [0.25, 0.3) is 5.56 Å². The molecule has 0 N–H and O–H groups in total. The summed E-state index contributed by atoms with van der Waals surface area (Å²) in [6.07, 6.45) is 5.27. The van der Waals surface area contributed by atoms with E-state index in [0.717, 1.165) is 41.5 Å². The Kier molecular flexibility index (Phi) is 5.31. The monoisotopic (exact) mass is 472 g/mol. The molecule has 0 amide bonds. The minimum absolute atomic E-state index is 0.0643. The fraction of sp³-hybridized carbons (Fsp3) is 0.240. The summed E-state index contributed by atoms with van der Waals surface area (Å²) < 4.78 is 8.90. The lowest BCUT2D eigenvalue weighted by atomic mass is 10.1. The van der Waals surface area contributed by atoms with Crippen molar-refractivity contribution < 1.29 is 4.74 Å². The number of halogens is 1. The van der Waals surface area contributed by atoms with Gasteiger partial charge in [0, 0.05) is 30.0 Å². The van der Waals surface area contributed by atoms with Crippen molar-refractivity contribution in [3.63, 3.8) is 0 Å². The topological polar surface area (TPSA) is 87.7 Å². The van der Waals surface area contributed by atoms with Crippen LogP contribution in [0.3, 0.4) is 0 Å².